The second-order valence-corrected chi connectivity index (χ2v) is 5.70. The number of rotatable bonds is 0. The Kier molecular flexibility index (Phi) is 1.38. The largest absolute Gasteiger partial charge is 0.0706 e. The Bertz CT molecular complexity index is 217. The minimum Gasteiger partial charge on any atom is -0.0706 e. The Morgan fingerprint density at radius 2 is 1.60 bits per heavy atom. The highest BCUT2D eigenvalue weighted by atomic mass is 28.3. The molecule has 0 fully saturated rings. The van der Waals surface area contributed by atoms with E-state index >= 15 is 0 Å². The second-order valence-electron chi connectivity index (χ2n) is 3.08. The molecule has 1 aliphatic rings. The lowest BCUT2D eigenvalue weighted by atomic mass is 10.1. The van der Waals surface area contributed by atoms with Crippen LogP contribution < -0.4 is 0 Å². The van der Waals surface area contributed by atoms with Crippen molar-refractivity contribution in [2.75, 3.05) is 0 Å². The molecule has 10 heavy (non-hydrogen) atoms. The van der Waals surface area contributed by atoms with Crippen LogP contribution in [-0.2, 0) is 12.1 Å². The van der Waals surface area contributed by atoms with Crippen molar-refractivity contribution in [2.45, 2.75) is 18.6 Å². The Hall–Kier alpha value is -0.563. The van der Waals surface area contributed by atoms with Crippen LogP contribution in [0.5, 0.6) is 0 Å². The summed E-state index contributed by atoms with van der Waals surface area (Å²) in [6.07, 6.45) is 0. The summed E-state index contributed by atoms with van der Waals surface area (Å²) < 4.78 is 0. The molecule has 2 rings (SSSR count). The highest BCUT2D eigenvalue weighted by Crippen LogP contribution is 2.19. The van der Waals surface area contributed by atoms with Crippen LogP contribution in [0, 0.1) is 0 Å². The molecule has 51 valence electrons. The first kappa shape index (κ1) is 6.17. The molecule has 1 heteroatoms. The van der Waals surface area contributed by atoms with Crippen LogP contribution in [-0.4, -0.2) is 8.80 Å². The predicted octanol–water partition coefficient (Wildman–Crippen LogP) is 1.99. The van der Waals surface area contributed by atoms with Gasteiger partial charge in [0, 0.05) is 0 Å². The quantitative estimate of drug-likeness (QED) is 0.492. The summed E-state index contributed by atoms with van der Waals surface area (Å²) in [5.74, 6) is 0. The van der Waals surface area contributed by atoms with Gasteiger partial charge in [-0.15, -0.1) is 0 Å². The van der Waals surface area contributed by atoms with E-state index in [9.17, 15) is 0 Å². The maximum absolute atomic E-state index is 2.42. The Morgan fingerprint density at radius 1 is 1.10 bits per heavy atom. The average Bonchev–Trinajstić information content (AvgIpc) is 2.27. The first-order valence-electron chi connectivity index (χ1n) is 3.74. The molecule has 0 aromatic heterocycles. The van der Waals surface area contributed by atoms with Crippen molar-refractivity contribution in [3.8, 4) is 0 Å². The van der Waals surface area contributed by atoms with E-state index in [1.807, 2.05) is 0 Å². The maximum Gasteiger partial charge on any atom is 0.0538 e. The Balaban J connectivity index is 2.42. The molecule has 0 bridgehead atoms. The lowest BCUT2D eigenvalue weighted by molar-refractivity contribution is 1.35. The molecule has 1 radical (unpaired) electrons. The fourth-order valence-electron chi connectivity index (χ4n) is 1.62. The van der Waals surface area contributed by atoms with Crippen LogP contribution in [0.1, 0.15) is 11.1 Å². The van der Waals surface area contributed by atoms with Crippen molar-refractivity contribution in [2.24, 2.45) is 0 Å². The zero-order chi connectivity index (χ0) is 6.97. The third-order valence-corrected chi connectivity index (χ3v) is 4.07. The fourth-order valence-corrected chi connectivity index (χ4v) is 3.73. The van der Waals surface area contributed by atoms with Gasteiger partial charge < -0.3 is 0 Å². The van der Waals surface area contributed by atoms with Gasteiger partial charge >= 0.3 is 0 Å². The lowest BCUT2D eigenvalue weighted by Gasteiger charge is -1.93. The van der Waals surface area contributed by atoms with E-state index < -0.39 is 0 Å². The summed E-state index contributed by atoms with van der Waals surface area (Å²) in [6, 6.07) is 11.6. The second kappa shape index (κ2) is 2.24. The molecule has 0 saturated heterocycles. The van der Waals surface area contributed by atoms with Crippen molar-refractivity contribution >= 4 is 8.80 Å². The third kappa shape index (κ3) is 0.906. The first-order chi connectivity index (χ1) is 4.86. The summed E-state index contributed by atoms with van der Waals surface area (Å²) in [6.45, 7) is 2.42. The van der Waals surface area contributed by atoms with Gasteiger partial charge in [0.1, 0.15) is 0 Å². The standard InChI is InChI=1S/C9H11Si/c1-10-6-8-4-2-3-5-9(8)7-10/h2-5H,6-7H2,1H3. The van der Waals surface area contributed by atoms with Gasteiger partial charge in [0.25, 0.3) is 0 Å². The van der Waals surface area contributed by atoms with Crippen molar-refractivity contribution < 1.29 is 0 Å². The maximum atomic E-state index is 2.42. The molecule has 0 spiro atoms. The molecule has 0 unspecified atom stereocenters. The highest BCUT2D eigenvalue weighted by Gasteiger charge is 2.17. The zero-order valence-corrected chi connectivity index (χ0v) is 7.22. The Morgan fingerprint density at radius 3 is 2.10 bits per heavy atom. The van der Waals surface area contributed by atoms with Crippen molar-refractivity contribution in [1.29, 1.82) is 0 Å². The van der Waals surface area contributed by atoms with Gasteiger partial charge in [-0.3, -0.25) is 0 Å². The van der Waals surface area contributed by atoms with E-state index in [0.717, 1.165) is 0 Å². The van der Waals surface area contributed by atoms with Crippen molar-refractivity contribution in [1.82, 2.24) is 0 Å². The molecule has 1 aliphatic heterocycles. The Labute approximate surface area is 63.5 Å². The molecular weight excluding hydrogens is 136 g/mol. The van der Waals surface area contributed by atoms with E-state index in [0.29, 0.717) is 0 Å². The SMILES string of the molecule is C[Si]1Cc2ccccc2C1. The summed E-state index contributed by atoms with van der Waals surface area (Å²) in [5.41, 5.74) is 3.22. The molecule has 1 heterocycles. The monoisotopic (exact) mass is 147 g/mol. The van der Waals surface area contributed by atoms with E-state index in [-0.39, 0.29) is 8.80 Å². The van der Waals surface area contributed by atoms with Gasteiger partial charge in [-0.2, -0.15) is 0 Å². The molecule has 0 N–H and O–H groups in total. The predicted molar refractivity (Wildman–Crippen MR) is 45.5 cm³/mol. The molecule has 0 nitrogen and oxygen atoms in total. The molecule has 0 aliphatic carbocycles. The van der Waals surface area contributed by atoms with Gasteiger partial charge in [0.2, 0.25) is 0 Å². The minimum atomic E-state index is -0.0144. The van der Waals surface area contributed by atoms with E-state index in [2.05, 4.69) is 30.8 Å². The number of hydrogen-bond acceptors (Lipinski definition) is 0. The number of fused-ring (bicyclic) bond motifs is 1. The number of benzene rings is 1. The van der Waals surface area contributed by atoms with Gasteiger partial charge in [-0.05, 0) is 23.2 Å². The zero-order valence-electron chi connectivity index (χ0n) is 6.22. The van der Waals surface area contributed by atoms with E-state index in [1.165, 1.54) is 12.1 Å². The van der Waals surface area contributed by atoms with Gasteiger partial charge in [-0.25, -0.2) is 0 Å². The normalized spacial score (nSPS) is 17.3. The van der Waals surface area contributed by atoms with Crippen molar-refractivity contribution in [3.05, 3.63) is 35.4 Å². The smallest absolute Gasteiger partial charge is 0.0538 e. The van der Waals surface area contributed by atoms with Crippen LogP contribution in [0.4, 0.5) is 0 Å². The van der Waals surface area contributed by atoms with Gasteiger partial charge in [0.05, 0.1) is 8.80 Å². The minimum absolute atomic E-state index is 0.0144. The first-order valence-corrected chi connectivity index (χ1v) is 6.16. The summed E-state index contributed by atoms with van der Waals surface area (Å²) in [4.78, 5) is 0. The topological polar surface area (TPSA) is 0 Å². The van der Waals surface area contributed by atoms with Crippen LogP contribution in [0.15, 0.2) is 24.3 Å². The van der Waals surface area contributed by atoms with Crippen LogP contribution >= 0.6 is 0 Å². The van der Waals surface area contributed by atoms with Crippen LogP contribution in [0.2, 0.25) is 6.55 Å². The van der Waals surface area contributed by atoms with E-state index in [4.69, 9.17) is 0 Å². The van der Waals surface area contributed by atoms with Gasteiger partial charge in [0.15, 0.2) is 0 Å². The number of hydrogen-bond donors (Lipinski definition) is 0. The van der Waals surface area contributed by atoms with Crippen LogP contribution in [0.3, 0.4) is 0 Å². The molecule has 0 amide bonds. The lowest BCUT2D eigenvalue weighted by Crippen LogP contribution is -2.05. The molecule has 0 atom stereocenters. The molecule has 1 aromatic rings. The highest BCUT2D eigenvalue weighted by molar-refractivity contribution is 6.57. The molecule has 1 aromatic carbocycles. The van der Waals surface area contributed by atoms with E-state index in [1.54, 1.807) is 11.1 Å². The average molecular weight is 147 g/mol. The fraction of sp³-hybridized carbons (Fsp3) is 0.333. The van der Waals surface area contributed by atoms with Gasteiger partial charge in [-0.1, -0.05) is 30.8 Å². The summed E-state index contributed by atoms with van der Waals surface area (Å²) in [7, 11) is -0.0144. The molecular formula is C9H11Si. The third-order valence-electron chi connectivity index (χ3n) is 2.10. The summed E-state index contributed by atoms with van der Waals surface area (Å²) >= 11 is 0. The summed E-state index contributed by atoms with van der Waals surface area (Å²) in [5, 5.41) is 0. The molecule has 0 saturated carbocycles. The van der Waals surface area contributed by atoms with Crippen LogP contribution in [0.25, 0.3) is 0 Å². The van der Waals surface area contributed by atoms with Crippen molar-refractivity contribution in [3.63, 3.8) is 0 Å².